The molecule has 7 heteroatoms. The summed E-state index contributed by atoms with van der Waals surface area (Å²) >= 11 is 0. The minimum absolute atomic E-state index is 0.0794. The molecule has 1 aromatic heterocycles. The molecule has 0 amide bonds. The van der Waals surface area contributed by atoms with Crippen LogP contribution < -0.4 is 11.1 Å². The molecule has 0 saturated heterocycles. The maximum atomic E-state index is 11.1. The first kappa shape index (κ1) is 13.7. The fourth-order valence-electron chi connectivity index (χ4n) is 1.95. The predicted molar refractivity (Wildman–Crippen MR) is 76.2 cm³/mol. The Morgan fingerprint density at radius 1 is 1.35 bits per heavy atom. The Kier molecular flexibility index (Phi) is 4.09. The van der Waals surface area contributed by atoms with E-state index < -0.39 is 4.92 Å². The molecular formula is C13H15N5O2. The summed E-state index contributed by atoms with van der Waals surface area (Å²) in [5.74, 6) is -0.00591. The molecule has 2 aromatic rings. The molecule has 0 saturated carbocycles. The lowest BCUT2D eigenvalue weighted by Gasteiger charge is -2.17. The SMILES string of the molecule is CCC(Nc1ncnc(N)c1[N+](=O)[O-])c1ccccc1. The van der Waals surface area contributed by atoms with Gasteiger partial charge in [0.15, 0.2) is 0 Å². The first-order valence-electron chi connectivity index (χ1n) is 6.19. The number of nitrogens with two attached hydrogens (primary N) is 1. The van der Waals surface area contributed by atoms with Gasteiger partial charge in [0.25, 0.3) is 0 Å². The number of nitrogens with zero attached hydrogens (tertiary/aromatic N) is 3. The van der Waals surface area contributed by atoms with Gasteiger partial charge in [-0.05, 0) is 12.0 Å². The van der Waals surface area contributed by atoms with Crippen molar-refractivity contribution in [2.45, 2.75) is 19.4 Å². The highest BCUT2D eigenvalue weighted by molar-refractivity contribution is 5.67. The van der Waals surface area contributed by atoms with Gasteiger partial charge in [0, 0.05) is 0 Å². The summed E-state index contributed by atoms with van der Waals surface area (Å²) in [6, 6.07) is 9.59. The van der Waals surface area contributed by atoms with E-state index >= 15 is 0 Å². The van der Waals surface area contributed by atoms with Crippen LogP contribution in [-0.2, 0) is 0 Å². The van der Waals surface area contributed by atoms with Crippen LogP contribution >= 0.6 is 0 Å². The standard InChI is InChI=1S/C13H15N5O2/c1-2-10(9-6-4-3-5-7-9)17-13-11(18(19)20)12(14)15-8-16-13/h3-8,10H,2H2,1H3,(H3,14,15,16,17). The van der Waals surface area contributed by atoms with Gasteiger partial charge in [-0.1, -0.05) is 37.3 Å². The Hall–Kier alpha value is -2.70. The predicted octanol–water partition coefficient (Wildman–Crippen LogP) is 2.53. The average Bonchev–Trinajstić information content (AvgIpc) is 2.45. The van der Waals surface area contributed by atoms with Crippen molar-refractivity contribution in [2.75, 3.05) is 11.1 Å². The topological polar surface area (TPSA) is 107 Å². The van der Waals surface area contributed by atoms with Crippen molar-refractivity contribution in [2.24, 2.45) is 0 Å². The Morgan fingerprint density at radius 3 is 2.65 bits per heavy atom. The molecular weight excluding hydrogens is 258 g/mol. The van der Waals surface area contributed by atoms with E-state index in [4.69, 9.17) is 5.73 Å². The molecule has 7 nitrogen and oxygen atoms in total. The zero-order valence-electron chi connectivity index (χ0n) is 11.0. The normalized spacial score (nSPS) is 11.8. The van der Waals surface area contributed by atoms with Gasteiger partial charge in [-0.25, -0.2) is 9.97 Å². The minimum Gasteiger partial charge on any atom is -0.378 e. The van der Waals surface area contributed by atoms with Crippen molar-refractivity contribution >= 4 is 17.3 Å². The molecule has 1 atom stereocenters. The summed E-state index contributed by atoms with van der Waals surface area (Å²) in [5.41, 5.74) is 6.28. The molecule has 104 valence electrons. The van der Waals surface area contributed by atoms with Crippen LogP contribution in [-0.4, -0.2) is 14.9 Å². The molecule has 0 radical (unpaired) electrons. The molecule has 0 fully saturated rings. The fraction of sp³-hybridized carbons (Fsp3) is 0.231. The van der Waals surface area contributed by atoms with Gasteiger partial charge < -0.3 is 11.1 Å². The lowest BCUT2D eigenvalue weighted by molar-refractivity contribution is -0.383. The molecule has 1 unspecified atom stereocenters. The van der Waals surface area contributed by atoms with Gasteiger partial charge in [-0.15, -0.1) is 0 Å². The lowest BCUT2D eigenvalue weighted by atomic mass is 10.0. The second-order valence-corrected chi connectivity index (χ2v) is 4.23. The molecule has 1 heterocycles. The van der Waals surface area contributed by atoms with Crippen molar-refractivity contribution in [3.8, 4) is 0 Å². The van der Waals surface area contributed by atoms with Crippen LogP contribution in [0.4, 0.5) is 17.3 Å². The van der Waals surface area contributed by atoms with Crippen molar-refractivity contribution in [1.29, 1.82) is 0 Å². The van der Waals surface area contributed by atoms with E-state index in [0.29, 0.717) is 0 Å². The number of nitrogen functional groups attached to an aromatic ring is 1. The fourth-order valence-corrected chi connectivity index (χ4v) is 1.95. The molecule has 0 aliphatic heterocycles. The zero-order valence-corrected chi connectivity index (χ0v) is 11.0. The Bertz CT molecular complexity index is 603. The summed E-state index contributed by atoms with van der Waals surface area (Å²) < 4.78 is 0. The van der Waals surface area contributed by atoms with E-state index in [1.807, 2.05) is 37.3 Å². The number of nitrogens with one attached hydrogen (secondary N) is 1. The monoisotopic (exact) mass is 273 g/mol. The van der Waals surface area contributed by atoms with E-state index in [-0.39, 0.29) is 23.4 Å². The van der Waals surface area contributed by atoms with Gasteiger partial charge in [0.05, 0.1) is 11.0 Å². The Balaban J connectivity index is 2.33. The van der Waals surface area contributed by atoms with Crippen molar-refractivity contribution in [3.63, 3.8) is 0 Å². The largest absolute Gasteiger partial charge is 0.378 e. The van der Waals surface area contributed by atoms with Crippen molar-refractivity contribution in [1.82, 2.24) is 9.97 Å². The van der Waals surface area contributed by atoms with Crippen LogP contribution in [0.5, 0.6) is 0 Å². The van der Waals surface area contributed by atoms with Crippen LogP contribution in [0, 0.1) is 10.1 Å². The first-order chi connectivity index (χ1) is 9.63. The maximum absolute atomic E-state index is 11.1. The zero-order chi connectivity index (χ0) is 14.5. The number of anilines is 2. The summed E-state index contributed by atoms with van der Waals surface area (Å²) in [5, 5.41) is 14.1. The van der Waals surface area contributed by atoms with Gasteiger partial charge in [-0.2, -0.15) is 0 Å². The molecule has 0 spiro atoms. The molecule has 3 N–H and O–H groups in total. The second-order valence-electron chi connectivity index (χ2n) is 4.23. The number of aromatic nitrogens is 2. The van der Waals surface area contributed by atoms with Crippen molar-refractivity contribution < 1.29 is 4.92 Å². The highest BCUT2D eigenvalue weighted by Crippen LogP contribution is 2.30. The Labute approximate surface area is 116 Å². The van der Waals surface area contributed by atoms with Gasteiger partial charge in [0.2, 0.25) is 11.6 Å². The Morgan fingerprint density at radius 2 is 2.05 bits per heavy atom. The maximum Gasteiger partial charge on any atom is 0.353 e. The van der Waals surface area contributed by atoms with Crippen LogP contribution in [0.25, 0.3) is 0 Å². The van der Waals surface area contributed by atoms with E-state index in [9.17, 15) is 10.1 Å². The third-order valence-corrected chi connectivity index (χ3v) is 2.95. The van der Waals surface area contributed by atoms with Crippen LogP contribution in [0.3, 0.4) is 0 Å². The quantitative estimate of drug-likeness (QED) is 0.640. The number of benzene rings is 1. The summed E-state index contributed by atoms with van der Waals surface area (Å²) in [6.45, 7) is 1.99. The number of hydrogen-bond acceptors (Lipinski definition) is 6. The average molecular weight is 273 g/mol. The third-order valence-electron chi connectivity index (χ3n) is 2.95. The summed E-state index contributed by atoms with van der Waals surface area (Å²) in [7, 11) is 0. The molecule has 0 aliphatic carbocycles. The number of rotatable bonds is 5. The van der Waals surface area contributed by atoms with E-state index in [1.165, 1.54) is 6.33 Å². The molecule has 2 rings (SSSR count). The molecule has 0 bridgehead atoms. The van der Waals surface area contributed by atoms with Crippen LogP contribution in [0.2, 0.25) is 0 Å². The summed E-state index contributed by atoms with van der Waals surface area (Å²) in [6.07, 6.45) is 1.97. The number of nitro groups is 1. The van der Waals surface area contributed by atoms with Gasteiger partial charge >= 0.3 is 5.69 Å². The van der Waals surface area contributed by atoms with E-state index in [0.717, 1.165) is 12.0 Å². The smallest absolute Gasteiger partial charge is 0.353 e. The van der Waals surface area contributed by atoms with E-state index in [2.05, 4.69) is 15.3 Å². The molecule has 20 heavy (non-hydrogen) atoms. The first-order valence-corrected chi connectivity index (χ1v) is 6.19. The molecule has 0 aliphatic rings. The lowest BCUT2D eigenvalue weighted by Crippen LogP contribution is -2.13. The summed E-state index contributed by atoms with van der Waals surface area (Å²) in [4.78, 5) is 18.1. The molecule has 1 aromatic carbocycles. The van der Waals surface area contributed by atoms with Crippen molar-refractivity contribution in [3.05, 3.63) is 52.3 Å². The highest BCUT2D eigenvalue weighted by Gasteiger charge is 2.23. The number of hydrogen-bond donors (Lipinski definition) is 2. The van der Waals surface area contributed by atoms with Gasteiger partial charge in [0.1, 0.15) is 6.33 Å². The minimum atomic E-state index is -0.574. The van der Waals surface area contributed by atoms with Gasteiger partial charge in [-0.3, -0.25) is 10.1 Å². The van der Waals surface area contributed by atoms with Crippen LogP contribution in [0.1, 0.15) is 24.9 Å². The third kappa shape index (κ3) is 2.82. The van der Waals surface area contributed by atoms with E-state index in [1.54, 1.807) is 0 Å². The second kappa shape index (κ2) is 5.96. The highest BCUT2D eigenvalue weighted by atomic mass is 16.6. The van der Waals surface area contributed by atoms with Crippen LogP contribution in [0.15, 0.2) is 36.7 Å².